The smallest absolute Gasteiger partial charge is 0.316 e. The lowest BCUT2D eigenvalue weighted by molar-refractivity contribution is -0.154. The summed E-state index contributed by atoms with van der Waals surface area (Å²) in [6.45, 7) is 2.15. The average molecular weight is 440 g/mol. The minimum Gasteiger partial charge on any atom is -0.465 e. The van der Waals surface area contributed by atoms with Crippen molar-refractivity contribution in [3.8, 4) is 0 Å². The van der Waals surface area contributed by atoms with Gasteiger partial charge in [0.05, 0.1) is 18.1 Å². The van der Waals surface area contributed by atoms with Gasteiger partial charge in [0.25, 0.3) is 5.91 Å². The lowest BCUT2D eigenvalue weighted by atomic mass is 9.75. The van der Waals surface area contributed by atoms with E-state index in [1.807, 2.05) is 73.7 Å². The van der Waals surface area contributed by atoms with Crippen LogP contribution in [0, 0.1) is 11.3 Å². The van der Waals surface area contributed by atoms with Crippen molar-refractivity contribution in [3.05, 3.63) is 84.1 Å². The van der Waals surface area contributed by atoms with Crippen LogP contribution in [0.1, 0.15) is 22.8 Å². The van der Waals surface area contributed by atoms with Crippen molar-refractivity contribution in [1.82, 2.24) is 4.90 Å². The summed E-state index contributed by atoms with van der Waals surface area (Å²) in [7, 11) is 0. The zero-order chi connectivity index (χ0) is 19.7. The van der Waals surface area contributed by atoms with Gasteiger partial charge < -0.3 is 9.64 Å². The van der Waals surface area contributed by atoms with E-state index in [9.17, 15) is 9.59 Å². The van der Waals surface area contributed by atoms with Crippen molar-refractivity contribution < 1.29 is 14.3 Å². The average Bonchev–Trinajstić information content (AvgIpc) is 3.41. The summed E-state index contributed by atoms with van der Waals surface area (Å²) in [6, 6.07) is 19.1. The first-order chi connectivity index (χ1) is 13.6. The molecule has 0 N–H and O–H groups in total. The number of amides is 1. The Morgan fingerprint density at radius 1 is 1.07 bits per heavy atom. The molecule has 1 aliphatic heterocycles. The van der Waals surface area contributed by atoms with Gasteiger partial charge >= 0.3 is 5.97 Å². The van der Waals surface area contributed by atoms with Crippen LogP contribution in [0.15, 0.2) is 72.9 Å². The number of benzene rings is 2. The fourth-order valence-corrected chi connectivity index (χ4v) is 5.38. The highest BCUT2D eigenvalue weighted by Crippen LogP contribution is 2.58. The summed E-state index contributed by atoms with van der Waals surface area (Å²) < 4.78 is 5.47. The number of alkyl halides is 1. The summed E-state index contributed by atoms with van der Waals surface area (Å²) in [6.07, 6.45) is 4.21. The second-order valence-corrected chi connectivity index (χ2v) is 8.34. The molecule has 144 valence electrons. The number of carbonyl (C=O) groups is 2. The molecule has 0 radical (unpaired) electrons. The van der Waals surface area contributed by atoms with Crippen molar-refractivity contribution in [1.29, 1.82) is 0 Å². The Morgan fingerprint density at radius 2 is 1.71 bits per heavy atom. The number of hydrogen-bond acceptors (Lipinski definition) is 3. The van der Waals surface area contributed by atoms with Crippen molar-refractivity contribution in [3.63, 3.8) is 0 Å². The van der Waals surface area contributed by atoms with Crippen LogP contribution < -0.4 is 0 Å². The summed E-state index contributed by atoms with van der Waals surface area (Å²) in [5.74, 6) is -0.297. The number of fused-ring (bicyclic) bond motifs is 1. The quantitative estimate of drug-likeness (QED) is 0.517. The van der Waals surface area contributed by atoms with Crippen LogP contribution >= 0.6 is 15.9 Å². The maximum absolute atomic E-state index is 13.1. The Kier molecular flexibility index (Phi) is 5.11. The van der Waals surface area contributed by atoms with Crippen molar-refractivity contribution in [2.24, 2.45) is 11.3 Å². The summed E-state index contributed by atoms with van der Waals surface area (Å²) in [5, 5.41) is 0. The van der Waals surface area contributed by atoms with Crippen LogP contribution in [0.3, 0.4) is 0 Å². The molecule has 1 amide bonds. The summed E-state index contributed by atoms with van der Waals surface area (Å²) >= 11 is 3.72. The Bertz CT molecular complexity index is 899. The van der Waals surface area contributed by atoms with Crippen LogP contribution in [-0.4, -0.2) is 34.3 Å². The number of hydrogen-bond donors (Lipinski definition) is 0. The number of carbonyl (C=O) groups excluding carboxylic acids is 2. The highest BCUT2D eigenvalue weighted by molar-refractivity contribution is 9.09. The third-order valence-electron chi connectivity index (χ3n) is 5.60. The molecular weight excluding hydrogens is 418 g/mol. The van der Waals surface area contributed by atoms with Crippen molar-refractivity contribution in [2.45, 2.75) is 24.2 Å². The third-order valence-corrected chi connectivity index (χ3v) is 6.71. The van der Waals surface area contributed by atoms with Gasteiger partial charge in [-0.1, -0.05) is 70.5 Å². The zero-order valence-electron chi connectivity index (χ0n) is 15.6. The Morgan fingerprint density at radius 3 is 2.36 bits per heavy atom. The van der Waals surface area contributed by atoms with Gasteiger partial charge in [0.1, 0.15) is 0 Å². The number of ether oxygens (including phenoxy) is 1. The van der Waals surface area contributed by atoms with E-state index < -0.39 is 5.41 Å². The molecule has 4 atom stereocenters. The van der Waals surface area contributed by atoms with Gasteiger partial charge in [0, 0.05) is 22.5 Å². The van der Waals surface area contributed by atoms with Crippen LogP contribution in [-0.2, 0) is 16.0 Å². The van der Waals surface area contributed by atoms with Crippen LogP contribution in [0.25, 0.3) is 0 Å². The van der Waals surface area contributed by atoms with Crippen molar-refractivity contribution in [2.75, 3.05) is 6.61 Å². The second-order valence-electron chi connectivity index (χ2n) is 7.28. The summed E-state index contributed by atoms with van der Waals surface area (Å²) in [5.41, 5.74) is 0.946. The van der Waals surface area contributed by atoms with E-state index in [0.29, 0.717) is 18.6 Å². The third kappa shape index (κ3) is 3.18. The number of esters is 1. The molecule has 1 unspecified atom stereocenters. The maximum atomic E-state index is 13.1. The maximum Gasteiger partial charge on any atom is 0.316 e. The van der Waals surface area contributed by atoms with Crippen LogP contribution in [0.2, 0.25) is 0 Å². The predicted molar refractivity (Wildman–Crippen MR) is 111 cm³/mol. The minimum absolute atomic E-state index is 0.0237. The Labute approximate surface area is 173 Å². The van der Waals surface area contributed by atoms with Crippen LogP contribution in [0.4, 0.5) is 0 Å². The van der Waals surface area contributed by atoms with E-state index in [4.69, 9.17) is 4.74 Å². The first-order valence-corrected chi connectivity index (χ1v) is 10.4. The molecule has 1 fully saturated rings. The first kappa shape index (κ1) is 18.9. The molecule has 1 aliphatic carbocycles. The van der Waals surface area contributed by atoms with Crippen molar-refractivity contribution >= 4 is 27.8 Å². The fourth-order valence-electron chi connectivity index (χ4n) is 4.18. The largest absolute Gasteiger partial charge is 0.465 e. The Hall–Kier alpha value is -2.40. The fraction of sp³-hybridized carbons (Fsp3) is 0.304. The highest BCUT2D eigenvalue weighted by Gasteiger charge is 2.67. The van der Waals surface area contributed by atoms with Gasteiger partial charge in [-0.3, -0.25) is 9.59 Å². The van der Waals surface area contributed by atoms with Gasteiger partial charge in [-0.25, -0.2) is 0 Å². The Balaban J connectivity index is 1.69. The van der Waals surface area contributed by atoms with Gasteiger partial charge in [-0.05, 0) is 31.0 Å². The first-order valence-electron chi connectivity index (χ1n) is 9.51. The molecule has 1 saturated carbocycles. The van der Waals surface area contributed by atoms with Gasteiger partial charge in [0.15, 0.2) is 0 Å². The SMILES string of the molecule is CCOC(=O)[C@]1(Cc2ccccc2)C=CN(C(=O)c2ccccc2)[C@@H]2C(Br)[C@@H]21. The van der Waals surface area contributed by atoms with E-state index in [-0.39, 0.29) is 28.7 Å². The van der Waals surface area contributed by atoms with Gasteiger partial charge in [-0.2, -0.15) is 0 Å². The van der Waals surface area contributed by atoms with Gasteiger partial charge in [-0.15, -0.1) is 0 Å². The summed E-state index contributed by atoms with van der Waals surface area (Å²) in [4.78, 5) is 27.8. The topological polar surface area (TPSA) is 46.6 Å². The second kappa shape index (κ2) is 7.55. The van der Waals surface area contributed by atoms with E-state index >= 15 is 0 Å². The molecule has 0 aromatic heterocycles. The molecule has 1 heterocycles. The van der Waals surface area contributed by atoms with Crippen LogP contribution in [0.5, 0.6) is 0 Å². The molecule has 5 heteroatoms. The molecule has 2 aliphatic rings. The van der Waals surface area contributed by atoms with E-state index in [0.717, 1.165) is 5.56 Å². The molecule has 2 aromatic rings. The normalized spacial score (nSPS) is 27.8. The molecule has 28 heavy (non-hydrogen) atoms. The number of rotatable bonds is 5. The zero-order valence-corrected chi connectivity index (χ0v) is 17.2. The van der Waals surface area contributed by atoms with E-state index in [1.165, 1.54) is 0 Å². The monoisotopic (exact) mass is 439 g/mol. The minimum atomic E-state index is -0.774. The lowest BCUT2D eigenvalue weighted by Crippen LogP contribution is -2.43. The van der Waals surface area contributed by atoms with E-state index in [1.54, 1.807) is 11.1 Å². The lowest BCUT2D eigenvalue weighted by Gasteiger charge is -2.34. The molecule has 2 aromatic carbocycles. The number of nitrogens with zero attached hydrogens (tertiary/aromatic N) is 1. The molecular formula is C23H22BrNO3. The molecule has 0 saturated heterocycles. The number of halogens is 1. The molecule has 0 spiro atoms. The van der Waals surface area contributed by atoms with E-state index in [2.05, 4.69) is 15.9 Å². The highest BCUT2D eigenvalue weighted by atomic mass is 79.9. The molecule has 0 bridgehead atoms. The molecule has 4 rings (SSSR count). The molecule has 4 nitrogen and oxygen atoms in total. The van der Waals surface area contributed by atoms with Gasteiger partial charge in [0.2, 0.25) is 0 Å². The predicted octanol–water partition coefficient (Wildman–Crippen LogP) is 4.21. The standard InChI is InChI=1S/C23H22BrNO3/c1-2-28-22(27)23(15-16-9-5-3-6-10-16)13-14-25(20-18(23)19(20)24)21(26)17-11-7-4-8-12-17/h3-14,18-20H,2,15H2,1H3/t18-,19?,20-,23-/m0/s1.